The van der Waals surface area contributed by atoms with Crippen LogP contribution in [0.3, 0.4) is 0 Å². The van der Waals surface area contributed by atoms with Crippen molar-refractivity contribution in [3.05, 3.63) is 33.5 Å². The Bertz CT molecular complexity index is 486. The molecule has 1 amide bonds. The van der Waals surface area contributed by atoms with E-state index < -0.39 is 0 Å². The number of amides is 1. The number of hydrogen-bond acceptors (Lipinski definition) is 3. The predicted octanol–water partition coefficient (Wildman–Crippen LogP) is 3.60. The Kier molecular flexibility index (Phi) is 3.23. The molecule has 0 aliphatic rings. The number of carbonyl (C=O) groups is 1. The monoisotopic (exact) mass is 301 g/mol. The van der Waals surface area contributed by atoms with E-state index in [1.165, 1.54) is 20.7 Å². The highest BCUT2D eigenvalue weighted by atomic mass is 79.9. The van der Waals surface area contributed by atoms with Crippen molar-refractivity contribution >= 4 is 53.9 Å². The van der Waals surface area contributed by atoms with Gasteiger partial charge in [0, 0.05) is 20.4 Å². The number of thiophene rings is 2. The number of carbonyl (C=O) groups excluding carboxylic acids is 1. The summed E-state index contributed by atoms with van der Waals surface area (Å²) in [6, 6.07) is 3.96. The van der Waals surface area contributed by atoms with Crippen LogP contribution >= 0.6 is 38.6 Å². The van der Waals surface area contributed by atoms with E-state index >= 15 is 0 Å². The van der Waals surface area contributed by atoms with Crippen LogP contribution in [0.15, 0.2) is 28.6 Å². The first-order valence-corrected chi connectivity index (χ1v) is 6.74. The summed E-state index contributed by atoms with van der Waals surface area (Å²) in [5.41, 5.74) is 0. The molecule has 0 bridgehead atoms. The first-order chi connectivity index (χ1) is 7.16. The summed E-state index contributed by atoms with van der Waals surface area (Å²) in [6.07, 6.45) is 0. The molecule has 0 aliphatic heterocycles. The number of rotatable bonds is 3. The van der Waals surface area contributed by atoms with Crippen molar-refractivity contribution in [2.24, 2.45) is 0 Å². The van der Waals surface area contributed by atoms with Crippen molar-refractivity contribution in [3.8, 4) is 0 Å². The highest BCUT2D eigenvalue weighted by Gasteiger charge is 2.10. The Hall–Kier alpha value is -0.650. The summed E-state index contributed by atoms with van der Waals surface area (Å²) in [5, 5.41) is 4.81. The van der Waals surface area contributed by atoms with E-state index in [2.05, 4.69) is 27.8 Å². The maximum Gasteiger partial charge on any atom is 0.261 e. The zero-order chi connectivity index (χ0) is 10.8. The van der Waals surface area contributed by atoms with Crippen molar-refractivity contribution in [2.75, 3.05) is 6.54 Å². The third-order valence-electron chi connectivity index (χ3n) is 1.80. The highest BCUT2D eigenvalue weighted by molar-refractivity contribution is 9.11. The predicted molar refractivity (Wildman–Crippen MR) is 70.1 cm³/mol. The Morgan fingerprint density at radius 2 is 2.33 bits per heavy atom. The Morgan fingerprint density at radius 1 is 1.53 bits per heavy atom. The minimum atomic E-state index is -0.0380. The second-order valence-electron chi connectivity index (χ2n) is 2.96. The molecule has 0 atom stereocenters. The molecule has 0 saturated carbocycles. The van der Waals surface area contributed by atoms with E-state index in [0.717, 1.165) is 9.36 Å². The van der Waals surface area contributed by atoms with Gasteiger partial charge in [-0.1, -0.05) is 22.5 Å². The molecule has 5 heteroatoms. The van der Waals surface area contributed by atoms with E-state index in [-0.39, 0.29) is 5.91 Å². The highest BCUT2D eigenvalue weighted by Crippen LogP contribution is 2.29. The van der Waals surface area contributed by atoms with E-state index in [1.807, 2.05) is 17.5 Å². The van der Waals surface area contributed by atoms with Crippen LogP contribution in [0.5, 0.6) is 0 Å². The molecule has 0 saturated heterocycles. The van der Waals surface area contributed by atoms with Crippen molar-refractivity contribution < 1.29 is 4.79 Å². The molecule has 78 valence electrons. The molecule has 2 aromatic heterocycles. The number of halogens is 1. The lowest BCUT2D eigenvalue weighted by atomic mass is 10.4. The lowest BCUT2D eigenvalue weighted by Crippen LogP contribution is -2.23. The second kappa shape index (κ2) is 4.47. The normalized spacial score (nSPS) is 10.5. The van der Waals surface area contributed by atoms with Gasteiger partial charge in [-0.25, -0.2) is 0 Å². The molecule has 0 aromatic carbocycles. The molecular weight excluding hydrogens is 294 g/mol. The molecule has 2 aromatic rings. The van der Waals surface area contributed by atoms with Crippen LogP contribution in [0.1, 0.15) is 9.67 Å². The van der Waals surface area contributed by atoms with Gasteiger partial charge in [0.25, 0.3) is 5.91 Å². The summed E-state index contributed by atoms with van der Waals surface area (Å²) >= 11 is 6.37. The van der Waals surface area contributed by atoms with Gasteiger partial charge in [0.2, 0.25) is 0 Å². The lowest BCUT2D eigenvalue weighted by Gasteiger charge is -2.00. The largest absolute Gasteiger partial charge is 0.347 e. The summed E-state index contributed by atoms with van der Waals surface area (Å²) in [7, 11) is 0. The molecule has 2 nitrogen and oxygen atoms in total. The van der Waals surface area contributed by atoms with Gasteiger partial charge in [-0.2, -0.15) is 0 Å². The molecule has 0 radical (unpaired) electrons. The number of hydrogen-bond donors (Lipinski definition) is 1. The van der Waals surface area contributed by atoms with Crippen LogP contribution in [-0.4, -0.2) is 12.5 Å². The third kappa shape index (κ3) is 2.48. The molecule has 0 unspecified atom stereocenters. The molecule has 1 N–H and O–H groups in total. The molecular formula is C10H8BrNOS2. The fourth-order valence-corrected chi connectivity index (χ4v) is 3.31. The molecule has 0 aliphatic carbocycles. The minimum absolute atomic E-state index is 0.0380. The summed E-state index contributed by atoms with van der Waals surface area (Å²) in [6.45, 7) is 4.12. The van der Waals surface area contributed by atoms with Gasteiger partial charge < -0.3 is 5.32 Å². The minimum Gasteiger partial charge on any atom is -0.347 e. The van der Waals surface area contributed by atoms with Crippen molar-refractivity contribution in [1.82, 2.24) is 5.32 Å². The average molecular weight is 302 g/mol. The van der Waals surface area contributed by atoms with Crippen molar-refractivity contribution in [1.29, 1.82) is 0 Å². The number of fused-ring (bicyclic) bond motifs is 1. The summed E-state index contributed by atoms with van der Waals surface area (Å²) < 4.78 is 3.11. The summed E-state index contributed by atoms with van der Waals surface area (Å²) in [4.78, 5) is 12.4. The van der Waals surface area contributed by atoms with E-state index in [0.29, 0.717) is 6.54 Å². The van der Waals surface area contributed by atoms with Crippen LogP contribution in [0, 0.1) is 0 Å². The topological polar surface area (TPSA) is 29.1 Å². The maximum atomic E-state index is 11.7. The second-order valence-corrected chi connectivity index (χ2v) is 6.11. The molecule has 0 fully saturated rings. The van der Waals surface area contributed by atoms with Gasteiger partial charge in [0.1, 0.15) is 0 Å². The van der Waals surface area contributed by atoms with Gasteiger partial charge in [0.15, 0.2) is 0 Å². The fourth-order valence-electron chi connectivity index (χ4n) is 1.14. The number of nitrogens with one attached hydrogen (secondary N) is 1. The maximum absolute atomic E-state index is 11.7. The van der Waals surface area contributed by atoms with Crippen LogP contribution in [0.4, 0.5) is 0 Å². The zero-order valence-electron chi connectivity index (χ0n) is 7.75. The lowest BCUT2D eigenvalue weighted by molar-refractivity contribution is 0.0962. The van der Waals surface area contributed by atoms with Gasteiger partial charge >= 0.3 is 0 Å². The molecule has 2 heterocycles. The molecule has 2 rings (SSSR count). The van der Waals surface area contributed by atoms with Crippen LogP contribution in [0.2, 0.25) is 0 Å². The average Bonchev–Trinajstić information content (AvgIpc) is 2.72. The Balaban J connectivity index is 2.13. The SMILES string of the molecule is C=C(Br)CNC(=O)c1cc2sccc2s1. The van der Waals surface area contributed by atoms with Gasteiger partial charge in [-0.15, -0.1) is 22.7 Å². The van der Waals surface area contributed by atoms with E-state index in [4.69, 9.17) is 0 Å². The first kappa shape index (κ1) is 10.9. The Morgan fingerprint density at radius 3 is 3.00 bits per heavy atom. The van der Waals surface area contributed by atoms with Crippen LogP contribution in [-0.2, 0) is 0 Å². The van der Waals surface area contributed by atoms with Crippen molar-refractivity contribution in [3.63, 3.8) is 0 Å². The van der Waals surface area contributed by atoms with Gasteiger partial charge in [0.05, 0.1) is 4.88 Å². The quantitative estimate of drug-likeness (QED) is 0.922. The standard InChI is InChI=1S/C10H8BrNOS2/c1-6(11)5-12-10(13)9-4-8-7(15-9)2-3-14-8/h2-4H,1,5H2,(H,12,13). The van der Waals surface area contributed by atoms with Gasteiger partial charge in [-0.05, 0) is 17.5 Å². The van der Waals surface area contributed by atoms with E-state index in [1.54, 1.807) is 11.3 Å². The van der Waals surface area contributed by atoms with Crippen LogP contribution < -0.4 is 5.32 Å². The third-order valence-corrected chi connectivity index (χ3v) is 4.18. The van der Waals surface area contributed by atoms with Crippen molar-refractivity contribution in [2.45, 2.75) is 0 Å². The van der Waals surface area contributed by atoms with E-state index in [9.17, 15) is 4.79 Å². The smallest absolute Gasteiger partial charge is 0.261 e. The molecule has 0 spiro atoms. The van der Waals surface area contributed by atoms with Gasteiger partial charge in [-0.3, -0.25) is 4.79 Å². The summed E-state index contributed by atoms with van der Waals surface area (Å²) in [5.74, 6) is -0.0380. The fraction of sp³-hybridized carbons (Fsp3) is 0.100. The van der Waals surface area contributed by atoms with Crippen LogP contribution in [0.25, 0.3) is 9.40 Å². The first-order valence-electron chi connectivity index (χ1n) is 4.25. The zero-order valence-corrected chi connectivity index (χ0v) is 11.0. The Labute approximate surface area is 104 Å². The molecule has 15 heavy (non-hydrogen) atoms.